The van der Waals surface area contributed by atoms with Crippen LogP contribution < -0.4 is 0 Å². The summed E-state index contributed by atoms with van der Waals surface area (Å²) < 4.78 is 0. The Bertz CT molecular complexity index is 31.9. The summed E-state index contributed by atoms with van der Waals surface area (Å²) in [6.45, 7) is 0. The first-order valence-corrected chi connectivity index (χ1v) is 4.59. The molecule has 0 bridgehead atoms. The molecule has 0 spiro atoms. The molecule has 0 fully saturated rings. The van der Waals surface area contributed by atoms with E-state index in [1.54, 1.807) is 0 Å². The Morgan fingerprint density at radius 1 is 1.60 bits per heavy atom. The molecule has 0 aromatic rings. The molecule has 0 atom stereocenters. The maximum absolute atomic E-state index is 2.25. The van der Waals surface area contributed by atoms with Crippen molar-refractivity contribution in [3.05, 3.63) is 11.8 Å². The lowest BCUT2D eigenvalue weighted by Gasteiger charge is -1.64. The monoisotopic (exact) mass is 102 g/mol. The van der Waals surface area contributed by atoms with Crippen LogP contribution in [0.2, 0.25) is 6.04 Å². The topological polar surface area (TPSA) is 0 Å². The first-order valence-electron chi connectivity index (χ1n) is 2.03. The predicted octanol–water partition coefficient (Wildman–Crippen LogP) is -1.35. The number of hydrogen-bond donors (Lipinski definition) is 0. The second-order valence-corrected chi connectivity index (χ2v) is 2.46. The SMILES string of the molecule is [SiH3]C=CC[SiH3]. The first-order chi connectivity index (χ1) is 2.41. The fraction of sp³-hybridized carbons (Fsp3) is 0.333. The van der Waals surface area contributed by atoms with Gasteiger partial charge in [0.05, 0.1) is 0 Å². The summed E-state index contributed by atoms with van der Waals surface area (Å²) in [6.07, 6.45) is 2.25. The predicted molar refractivity (Wildman–Crippen MR) is 33.8 cm³/mol. The highest BCUT2D eigenvalue weighted by molar-refractivity contribution is 6.18. The number of hydrogen-bond acceptors (Lipinski definition) is 0. The quantitative estimate of drug-likeness (QED) is 0.359. The molecule has 0 radical (unpaired) electrons. The Morgan fingerprint density at radius 2 is 2.20 bits per heavy atom. The van der Waals surface area contributed by atoms with Crippen molar-refractivity contribution in [2.75, 3.05) is 0 Å². The molecular weight excluding hydrogens is 92.2 g/mol. The maximum Gasteiger partial charge on any atom is 0.0286 e. The van der Waals surface area contributed by atoms with Crippen molar-refractivity contribution in [2.45, 2.75) is 6.04 Å². The van der Waals surface area contributed by atoms with E-state index in [1.165, 1.54) is 26.5 Å². The third-order valence-electron chi connectivity index (χ3n) is 0.471. The summed E-state index contributed by atoms with van der Waals surface area (Å²) in [4.78, 5) is 0. The molecule has 0 N–H and O–H groups in total. The van der Waals surface area contributed by atoms with E-state index < -0.39 is 0 Å². The Morgan fingerprint density at radius 3 is 2.20 bits per heavy atom. The van der Waals surface area contributed by atoms with E-state index >= 15 is 0 Å². The molecule has 0 aromatic heterocycles. The molecule has 0 amide bonds. The molecule has 0 aliphatic rings. The fourth-order valence-corrected chi connectivity index (χ4v) is 2.12. The van der Waals surface area contributed by atoms with Crippen LogP contribution in [0.1, 0.15) is 0 Å². The molecule has 0 heterocycles. The van der Waals surface area contributed by atoms with E-state index in [0.29, 0.717) is 0 Å². The zero-order chi connectivity index (χ0) is 4.12. The highest BCUT2D eigenvalue weighted by Crippen LogP contribution is 1.67. The molecule has 5 heavy (non-hydrogen) atoms. The third-order valence-corrected chi connectivity index (χ3v) is 1.41. The highest BCUT2D eigenvalue weighted by atomic mass is 28.1. The van der Waals surface area contributed by atoms with Crippen molar-refractivity contribution < 1.29 is 0 Å². The van der Waals surface area contributed by atoms with Crippen molar-refractivity contribution in [3.8, 4) is 0 Å². The van der Waals surface area contributed by atoms with Crippen LogP contribution in [0.4, 0.5) is 0 Å². The van der Waals surface area contributed by atoms with Gasteiger partial charge in [-0.05, 0) is 6.04 Å². The fourth-order valence-electron chi connectivity index (χ4n) is 0.236. The van der Waals surface area contributed by atoms with Gasteiger partial charge in [0.1, 0.15) is 0 Å². The summed E-state index contributed by atoms with van der Waals surface area (Å²) in [5.74, 6) is 0. The van der Waals surface area contributed by atoms with E-state index in [0.717, 1.165) is 0 Å². The lowest BCUT2D eigenvalue weighted by Crippen LogP contribution is -1.55. The van der Waals surface area contributed by atoms with Gasteiger partial charge in [-0.1, -0.05) is 6.08 Å². The van der Waals surface area contributed by atoms with Crippen LogP contribution in [0, 0.1) is 0 Å². The van der Waals surface area contributed by atoms with Crippen LogP contribution in [0.5, 0.6) is 0 Å². The van der Waals surface area contributed by atoms with Crippen LogP contribution in [-0.2, 0) is 0 Å². The standard InChI is InChI=1S/C3H10Si2/c4-2-1-3-5/h1-2H,3H2,4-5H3. The molecule has 0 saturated carbocycles. The smallest absolute Gasteiger partial charge is 0.0286 e. The zero-order valence-corrected chi connectivity index (χ0v) is 7.86. The van der Waals surface area contributed by atoms with Crippen molar-refractivity contribution >= 4 is 20.5 Å². The molecule has 0 unspecified atom stereocenters. The van der Waals surface area contributed by atoms with Crippen LogP contribution in [0.25, 0.3) is 0 Å². The molecule has 0 aromatic carbocycles. The van der Waals surface area contributed by atoms with Gasteiger partial charge in [0.2, 0.25) is 0 Å². The van der Waals surface area contributed by atoms with E-state index in [-0.39, 0.29) is 0 Å². The van der Waals surface area contributed by atoms with Gasteiger partial charge in [0.25, 0.3) is 0 Å². The van der Waals surface area contributed by atoms with Crippen LogP contribution >= 0.6 is 0 Å². The van der Waals surface area contributed by atoms with Crippen LogP contribution in [-0.4, -0.2) is 20.5 Å². The maximum atomic E-state index is 2.25. The van der Waals surface area contributed by atoms with Crippen LogP contribution in [0.15, 0.2) is 11.8 Å². The van der Waals surface area contributed by atoms with Gasteiger partial charge in [-0.2, -0.15) is 0 Å². The van der Waals surface area contributed by atoms with Gasteiger partial charge >= 0.3 is 0 Å². The molecule has 0 aliphatic carbocycles. The van der Waals surface area contributed by atoms with E-state index in [1.807, 2.05) is 0 Å². The lowest BCUT2D eigenvalue weighted by atomic mass is 10.8. The minimum absolute atomic E-state index is 1.24. The summed E-state index contributed by atoms with van der Waals surface area (Å²) in [6, 6.07) is 1.34. The average Bonchev–Trinajstić information content (AvgIpc) is 1.41. The van der Waals surface area contributed by atoms with Crippen molar-refractivity contribution in [1.82, 2.24) is 0 Å². The van der Waals surface area contributed by atoms with Crippen molar-refractivity contribution in [2.24, 2.45) is 0 Å². The Kier molecular flexibility index (Phi) is 4.32. The number of rotatable bonds is 1. The van der Waals surface area contributed by atoms with Gasteiger partial charge in [0, 0.05) is 20.5 Å². The van der Waals surface area contributed by atoms with Gasteiger partial charge in [-0.3, -0.25) is 0 Å². The normalized spacial score (nSPS) is 11.2. The van der Waals surface area contributed by atoms with E-state index in [2.05, 4.69) is 11.8 Å². The molecule has 0 aliphatic heterocycles. The first kappa shape index (κ1) is 5.17. The minimum atomic E-state index is 1.24. The molecule has 30 valence electrons. The van der Waals surface area contributed by atoms with E-state index in [9.17, 15) is 0 Å². The van der Waals surface area contributed by atoms with Crippen molar-refractivity contribution in [3.63, 3.8) is 0 Å². The summed E-state index contributed by atoms with van der Waals surface area (Å²) in [5.41, 5.74) is 2.23. The summed E-state index contributed by atoms with van der Waals surface area (Å²) in [5, 5.41) is 0. The second kappa shape index (κ2) is 4.17. The Hall–Kier alpha value is 0.174. The Balaban J connectivity index is 2.62. The molecular formula is C3H10Si2. The molecule has 0 nitrogen and oxygen atoms in total. The highest BCUT2D eigenvalue weighted by Gasteiger charge is 1.52. The van der Waals surface area contributed by atoms with Crippen molar-refractivity contribution in [1.29, 1.82) is 0 Å². The summed E-state index contributed by atoms with van der Waals surface area (Å²) in [7, 11) is 2.57. The third kappa shape index (κ3) is 4.17. The molecule has 2 heteroatoms. The minimum Gasteiger partial charge on any atom is -0.110 e. The van der Waals surface area contributed by atoms with Gasteiger partial charge in [-0.25, -0.2) is 0 Å². The molecule has 0 rings (SSSR count). The van der Waals surface area contributed by atoms with Gasteiger partial charge in [0.15, 0.2) is 0 Å². The lowest BCUT2D eigenvalue weighted by molar-refractivity contribution is 1.75. The Labute approximate surface area is 39.1 Å². The average molecular weight is 102 g/mol. The largest absolute Gasteiger partial charge is 0.110 e. The van der Waals surface area contributed by atoms with E-state index in [4.69, 9.17) is 0 Å². The van der Waals surface area contributed by atoms with Gasteiger partial charge < -0.3 is 0 Å². The molecule has 0 saturated heterocycles. The second-order valence-electron chi connectivity index (χ2n) is 0.977. The van der Waals surface area contributed by atoms with Gasteiger partial charge in [-0.15, -0.1) is 5.70 Å². The summed E-state index contributed by atoms with van der Waals surface area (Å²) >= 11 is 0. The zero-order valence-electron chi connectivity index (χ0n) is 3.86. The number of allylic oxidation sites excluding steroid dienone is 1. The van der Waals surface area contributed by atoms with Crippen LogP contribution in [0.3, 0.4) is 0 Å².